The third kappa shape index (κ3) is 3.93. The van der Waals surface area contributed by atoms with Gasteiger partial charge in [-0.3, -0.25) is 9.59 Å². The smallest absolute Gasteiger partial charge is 0.264 e. The molecule has 2 aromatic carbocycles. The summed E-state index contributed by atoms with van der Waals surface area (Å²) in [5.74, 6) is 0.280. The summed E-state index contributed by atoms with van der Waals surface area (Å²) >= 11 is 6.56. The minimum absolute atomic E-state index is 0.0974. The van der Waals surface area contributed by atoms with E-state index in [1.807, 2.05) is 47.0 Å². The number of fused-ring (bicyclic) bond motifs is 3. The van der Waals surface area contributed by atoms with Gasteiger partial charge in [-0.1, -0.05) is 53.2 Å². The van der Waals surface area contributed by atoms with Crippen LogP contribution in [-0.2, 0) is 15.1 Å². The number of nitrogens with zero attached hydrogens (tertiary/aromatic N) is 2. The Kier molecular flexibility index (Phi) is 6.15. The summed E-state index contributed by atoms with van der Waals surface area (Å²) in [6.45, 7) is 3.52. The van der Waals surface area contributed by atoms with Crippen LogP contribution in [0, 0.1) is 6.92 Å². The van der Waals surface area contributed by atoms with Gasteiger partial charge in [0.05, 0.1) is 10.5 Å². The zero-order valence-electron chi connectivity index (χ0n) is 20.0. The average Bonchev–Trinajstić information content (AvgIpc) is 3.26. The first kappa shape index (κ1) is 23.6. The first-order valence-corrected chi connectivity index (χ1v) is 12.2. The van der Waals surface area contributed by atoms with E-state index in [4.69, 9.17) is 20.9 Å². The lowest BCUT2D eigenvalue weighted by Gasteiger charge is -2.35. The quantitative estimate of drug-likeness (QED) is 0.409. The number of carbonyl (C=O) groups excluding carboxylic acids is 1. The molecular weight excluding hydrogens is 466 g/mol. The predicted molar refractivity (Wildman–Crippen MR) is 136 cm³/mol. The normalized spacial score (nSPS) is 20.1. The SMILES string of the molecule is COC(C)(C(=O)NC1CCCC(n2c(=O)c3c(C)onc3c3c(Cl)cccc32)C1)c1ccccc1. The van der Waals surface area contributed by atoms with Crippen LogP contribution in [0.15, 0.2) is 57.8 Å². The number of aryl methyl sites for hydroxylation is 1. The first-order chi connectivity index (χ1) is 16.8. The molecule has 1 fully saturated rings. The number of benzene rings is 2. The molecule has 182 valence electrons. The number of carbonyl (C=O) groups is 1. The third-order valence-corrected chi connectivity index (χ3v) is 7.61. The van der Waals surface area contributed by atoms with Crippen molar-refractivity contribution >= 4 is 39.3 Å². The molecule has 2 aromatic heterocycles. The van der Waals surface area contributed by atoms with Crippen molar-refractivity contribution in [3.63, 3.8) is 0 Å². The van der Waals surface area contributed by atoms with E-state index in [1.54, 1.807) is 27.0 Å². The van der Waals surface area contributed by atoms with Crippen LogP contribution in [0.4, 0.5) is 0 Å². The molecule has 3 atom stereocenters. The van der Waals surface area contributed by atoms with Crippen LogP contribution in [0.25, 0.3) is 21.8 Å². The number of nitrogens with one attached hydrogen (secondary N) is 1. The highest BCUT2D eigenvalue weighted by atomic mass is 35.5. The lowest BCUT2D eigenvalue weighted by molar-refractivity contribution is -0.143. The van der Waals surface area contributed by atoms with Crippen LogP contribution >= 0.6 is 11.6 Å². The maximum atomic E-state index is 13.7. The van der Waals surface area contributed by atoms with Crippen molar-refractivity contribution in [1.82, 2.24) is 15.0 Å². The van der Waals surface area contributed by atoms with Crippen LogP contribution in [0.3, 0.4) is 0 Å². The Morgan fingerprint density at radius 1 is 1.17 bits per heavy atom. The molecule has 0 saturated heterocycles. The van der Waals surface area contributed by atoms with E-state index in [-0.39, 0.29) is 23.6 Å². The van der Waals surface area contributed by atoms with Crippen LogP contribution in [0.1, 0.15) is 50.0 Å². The predicted octanol–water partition coefficient (Wildman–Crippen LogP) is 5.27. The van der Waals surface area contributed by atoms with Gasteiger partial charge in [0, 0.05) is 24.6 Å². The molecular formula is C27H28ClN3O4. The van der Waals surface area contributed by atoms with Gasteiger partial charge in [-0.15, -0.1) is 0 Å². The second-order valence-corrected chi connectivity index (χ2v) is 9.77. The Bertz CT molecular complexity index is 1460. The Morgan fingerprint density at radius 2 is 1.94 bits per heavy atom. The van der Waals surface area contributed by atoms with E-state index in [0.29, 0.717) is 33.5 Å². The fraction of sp³-hybridized carbons (Fsp3) is 0.370. The Hall–Kier alpha value is -3.16. The van der Waals surface area contributed by atoms with Crippen LogP contribution < -0.4 is 10.9 Å². The Labute approximate surface area is 208 Å². The zero-order valence-corrected chi connectivity index (χ0v) is 20.8. The maximum absolute atomic E-state index is 13.7. The van der Waals surface area contributed by atoms with E-state index in [0.717, 1.165) is 30.3 Å². The van der Waals surface area contributed by atoms with Gasteiger partial charge < -0.3 is 19.1 Å². The summed E-state index contributed by atoms with van der Waals surface area (Å²) in [5, 5.41) is 9.01. The maximum Gasteiger partial charge on any atom is 0.264 e. The van der Waals surface area contributed by atoms with Crippen molar-refractivity contribution < 1.29 is 14.1 Å². The molecule has 8 heteroatoms. The van der Waals surface area contributed by atoms with Crippen molar-refractivity contribution in [2.75, 3.05) is 7.11 Å². The number of halogens is 1. The largest absolute Gasteiger partial charge is 0.364 e. The Morgan fingerprint density at radius 3 is 2.69 bits per heavy atom. The fourth-order valence-electron chi connectivity index (χ4n) is 5.29. The summed E-state index contributed by atoms with van der Waals surface area (Å²) < 4.78 is 12.9. The molecule has 1 aliphatic rings. The molecule has 2 heterocycles. The minimum atomic E-state index is -1.11. The summed E-state index contributed by atoms with van der Waals surface area (Å²) in [7, 11) is 1.54. The van der Waals surface area contributed by atoms with E-state index in [1.165, 1.54) is 0 Å². The number of pyridine rings is 1. The van der Waals surface area contributed by atoms with E-state index in [9.17, 15) is 9.59 Å². The van der Waals surface area contributed by atoms with Gasteiger partial charge in [-0.05, 0) is 57.2 Å². The number of hydrogen-bond acceptors (Lipinski definition) is 5. The van der Waals surface area contributed by atoms with E-state index >= 15 is 0 Å². The Balaban J connectivity index is 1.50. The number of ether oxygens (including phenoxy) is 1. The van der Waals surface area contributed by atoms with Crippen molar-refractivity contribution in [1.29, 1.82) is 0 Å². The monoisotopic (exact) mass is 493 g/mol. The van der Waals surface area contributed by atoms with Crippen molar-refractivity contribution in [2.24, 2.45) is 0 Å². The molecule has 3 unspecified atom stereocenters. The number of hydrogen-bond donors (Lipinski definition) is 1. The minimum Gasteiger partial charge on any atom is -0.364 e. The van der Waals surface area contributed by atoms with Crippen molar-refractivity contribution in [3.8, 4) is 0 Å². The molecule has 0 radical (unpaired) electrons. The topological polar surface area (TPSA) is 86.4 Å². The van der Waals surface area contributed by atoms with Gasteiger partial charge >= 0.3 is 0 Å². The molecule has 1 N–H and O–H groups in total. The van der Waals surface area contributed by atoms with Crippen molar-refractivity contribution in [3.05, 3.63) is 75.2 Å². The first-order valence-electron chi connectivity index (χ1n) is 11.9. The molecule has 1 amide bonds. The van der Waals surface area contributed by atoms with Crippen LogP contribution in [-0.4, -0.2) is 28.8 Å². The highest BCUT2D eigenvalue weighted by Gasteiger charge is 2.37. The fourth-order valence-corrected chi connectivity index (χ4v) is 5.54. The molecule has 0 bridgehead atoms. The number of methoxy groups -OCH3 is 1. The van der Waals surface area contributed by atoms with Crippen LogP contribution in [0.5, 0.6) is 0 Å². The molecule has 5 rings (SSSR count). The third-order valence-electron chi connectivity index (χ3n) is 7.30. The van der Waals surface area contributed by atoms with Gasteiger partial charge in [0.1, 0.15) is 16.7 Å². The number of aromatic nitrogens is 2. The van der Waals surface area contributed by atoms with Gasteiger partial charge in [0.2, 0.25) is 0 Å². The molecule has 0 spiro atoms. The molecule has 1 saturated carbocycles. The van der Waals surface area contributed by atoms with Gasteiger partial charge in [-0.25, -0.2) is 0 Å². The number of amides is 1. The molecule has 4 aromatic rings. The highest BCUT2D eigenvalue weighted by Crippen LogP contribution is 2.36. The van der Waals surface area contributed by atoms with E-state index in [2.05, 4.69) is 10.5 Å². The van der Waals surface area contributed by atoms with Gasteiger partial charge in [0.15, 0.2) is 5.60 Å². The summed E-state index contributed by atoms with van der Waals surface area (Å²) in [5.41, 5.74) is 0.758. The lowest BCUT2D eigenvalue weighted by Crippen LogP contribution is -2.49. The molecule has 0 aliphatic heterocycles. The zero-order chi connectivity index (χ0) is 24.7. The second-order valence-electron chi connectivity index (χ2n) is 9.37. The van der Waals surface area contributed by atoms with Gasteiger partial charge in [-0.2, -0.15) is 0 Å². The second kappa shape index (κ2) is 9.13. The number of rotatable bonds is 5. The van der Waals surface area contributed by atoms with Crippen molar-refractivity contribution in [2.45, 2.75) is 57.2 Å². The standard InChI is InChI=1S/C27H28ClN3O4/c1-16-22-24(30-35-16)23-20(28)13-8-14-21(23)31(25(22)32)19-12-7-11-18(15-19)29-26(33)27(2,34-3)17-9-5-4-6-10-17/h4-6,8-10,13-14,18-19H,7,11-12,15H2,1-3H3,(H,29,33). The highest BCUT2D eigenvalue weighted by molar-refractivity contribution is 6.37. The molecule has 1 aliphatic carbocycles. The lowest BCUT2D eigenvalue weighted by atomic mass is 9.88. The summed E-state index contributed by atoms with van der Waals surface area (Å²) in [6, 6.07) is 14.8. The van der Waals surface area contributed by atoms with Crippen LogP contribution in [0.2, 0.25) is 5.02 Å². The summed E-state index contributed by atoms with van der Waals surface area (Å²) in [4.78, 5) is 27.0. The van der Waals surface area contributed by atoms with E-state index < -0.39 is 5.60 Å². The van der Waals surface area contributed by atoms with Gasteiger partial charge in [0.25, 0.3) is 11.5 Å². The molecule has 35 heavy (non-hydrogen) atoms. The average molecular weight is 494 g/mol. The summed E-state index contributed by atoms with van der Waals surface area (Å²) in [6.07, 6.45) is 3.15. The molecule has 7 nitrogen and oxygen atoms in total.